The Kier molecular flexibility index (Phi) is 2.49. The third-order valence-corrected chi connectivity index (χ3v) is 2.89. The Morgan fingerprint density at radius 3 is 3.06 bits per heavy atom. The standard InChI is InChI=1S/C13H12N2O2/c16-13(11-8-14-4-5-15-11)10-1-2-12-9(7-10)3-6-17-12/h1-2,4-5,7-8,13,16H,3,6H2. The Morgan fingerprint density at radius 2 is 2.24 bits per heavy atom. The van der Waals surface area contributed by atoms with Gasteiger partial charge in [-0.2, -0.15) is 0 Å². The molecule has 1 N–H and O–H groups in total. The number of rotatable bonds is 2. The van der Waals surface area contributed by atoms with Crippen LogP contribution in [0.2, 0.25) is 0 Å². The minimum absolute atomic E-state index is 0.561. The Bertz CT molecular complexity index is 528. The van der Waals surface area contributed by atoms with E-state index in [0.717, 1.165) is 29.9 Å². The lowest BCUT2D eigenvalue weighted by Crippen LogP contribution is -2.02. The maximum Gasteiger partial charge on any atom is 0.123 e. The zero-order valence-electron chi connectivity index (χ0n) is 9.21. The first-order chi connectivity index (χ1) is 8.34. The molecule has 0 bridgehead atoms. The number of aromatic nitrogens is 2. The lowest BCUT2D eigenvalue weighted by molar-refractivity contribution is 0.214. The average Bonchev–Trinajstić information content (AvgIpc) is 2.86. The van der Waals surface area contributed by atoms with Crippen molar-refractivity contribution in [2.24, 2.45) is 0 Å². The van der Waals surface area contributed by atoms with E-state index in [0.29, 0.717) is 5.69 Å². The first kappa shape index (κ1) is 10.2. The SMILES string of the molecule is OC(c1ccc2c(c1)CCO2)c1cnccn1. The minimum Gasteiger partial charge on any atom is -0.493 e. The van der Waals surface area contributed by atoms with Crippen LogP contribution in [0.3, 0.4) is 0 Å². The fourth-order valence-electron chi connectivity index (χ4n) is 2.00. The second-order valence-corrected chi connectivity index (χ2v) is 4.00. The second kappa shape index (κ2) is 4.14. The van der Waals surface area contributed by atoms with Gasteiger partial charge in [0.2, 0.25) is 0 Å². The summed E-state index contributed by atoms with van der Waals surface area (Å²) in [7, 11) is 0. The van der Waals surface area contributed by atoms with Gasteiger partial charge in [-0.3, -0.25) is 9.97 Å². The molecule has 1 unspecified atom stereocenters. The predicted octanol–water partition coefficient (Wildman–Crippen LogP) is 1.49. The molecule has 0 amide bonds. The van der Waals surface area contributed by atoms with Crippen LogP contribution < -0.4 is 4.74 Å². The molecule has 0 radical (unpaired) electrons. The molecular weight excluding hydrogens is 216 g/mol. The minimum atomic E-state index is -0.727. The highest BCUT2D eigenvalue weighted by Gasteiger charge is 2.17. The molecule has 0 spiro atoms. The van der Waals surface area contributed by atoms with Crippen LogP contribution in [0.5, 0.6) is 5.75 Å². The molecule has 0 saturated heterocycles. The lowest BCUT2D eigenvalue weighted by Gasteiger charge is -2.10. The fourth-order valence-corrected chi connectivity index (χ4v) is 2.00. The first-order valence-electron chi connectivity index (χ1n) is 5.54. The van der Waals surface area contributed by atoms with E-state index in [-0.39, 0.29) is 0 Å². The number of nitrogens with zero attached hydrogens (tertiary/aromatic N) is 2. The number of aliphatic hydroxyl groups is 1. The van der Waals surface area contributed by atoms with Gasteiger partial charge >= 0.3 is 0 Å². The van der Waals surface area contributed by atoms with Crippen molar-refractivity contribution in [3.05, 3.63) is 53.6 Å². The molecule has 1 aromatic carbocycles. The van der Waals surface area contributed by atoms with Crippen molar-refractivity contribution in [1.82, 2.24) is 9.97 Å². The number of benzene rings is 1. The average molecular weight is 228 g/mol. The molecule has 1 aromatic heterocycles. The summed E-state index contributed by atoms with van der Waals surface area (Å²) in [6.07, 6.45) is 4.92. The molecular formula is C13H12N2O2. The molecule has 3 rings (SSSR count). The van der Waals surface area contributed by atoms with E-state index in [1.54, 1.807) is 18.6 Å². The van der Waals surface area contributed by atoms with E-state index >= 15 is 0 Å². The van der Waals surface area contributed by atoms with E-state index in [4.69, 9.17) is 4.74 Å². The molecule has 4 heteroatoms. The van der Waals surface area contributed by atoms with Crippen molar-refractivity contribution < 1.29 is 9.84 Å². The van der Waals surface area contributed by atoms with Crippen LogP contribution in [0.15, 0.2) is 36.8 Å². The highest BCUT2D eigenvalue weighted by Crippen LogP contribution is 2.29. The van der Waals surface area contributed by atoms with Crippen LogP contribution in [0, 0.1) is 0 Å². The maximum atomic E-state index is 10.2. The van der Waals surface area contributed by atoms with Gasteiger partial charge in [0.1, 0.15) is 11.9 Å². The quantitative estimate of drug-likeness (QED) is 0.846. The summed E-state index contributed by atoms with van der Waals surface area (Å²) in [6.45, 7) is 0.722. The third-order valence-electron chi connectivity index (χ3n) is 2.89. The van der Waals surface area contributed by atoms with Gasteiger partial charge < -0.3 is 9.84 Å². The molecule has 2 aromatic rings. The molecule has 0 saturated carbocycles. The highest BCUT2D eigenvalue weighted by atomic mass is 16.5. The Hall–Kier alpha value is -1.94. The van der Waals surface area contributed by atoms with Crippen molar-refractivity contribution in [3.8, 4) is 5.75 Å². The monoisotopic (exact) mass is 228 g/mol. The zero-order chi connectivity index (χ0) is 11.7. The summed E-state index contributed by atoms with van der Waals surface area (Å²) >= 11 is 0. The number of fused-ring (bicyclic) bond motifs is 1. The van der Waals surface area contributed by atoms with Gasteiger partial charge in [-0.25, -0.2) is 0 Å². The molecule has 0 fully saturated rings. The molecule has 1 aliphatic heterocycles. The van der Waals surface area contributed by atoms with Gasteiger partial charge in [0.15, 0.2) is 0 Å². The van der Waals surface area contributed by atoms with Gasteiger partial charge in [0.25, 0.3) is 0 Å². The van der Waals surface area contributed by atoms with Crippen molar-refractivity contribution in [3.63, 3.8) is 0 Å². The molecule has 4 nitrogen and oxygen atoms in total. The summed E-state index contributed by atoms with van der Waals surface area (Å²) in [4.78, 5) is 8.06. The van der Waals surface area contributed by atoms with Crippen molar-refractivity contribution >= 4 is 0 Å². The molecule has 17 heavy (non-hydrogen) atoms. The Balaban J connectivity index is 1.94. The Labute approximate surface area is 98.9 Å². The Morgan fingerprint density at radius 1 is 1.29 bits per heavy atom. The fraction of sp³-hybridized carbons (Fsp3) is 0.231. The molecule has 1 atom stereocenters. The number of ether oxygens (including phenoxy) is 1. The van der Waals surface area contributed by atoms with Gasteiger partial charge in [0, 0.05) is 18.8 Å². The number of hydrogen-bond donors (Lipinski definition) is 1. The lowest BCUT2D eigenvalue weighted by atomic mass is 10.0. The van der Waals surface area contributed by atoms with E-state index in [2.05, 4.69) is 9.97 Å². The first-order valence-corrected chi connectivity index (χ1v) is 5.54. The third kappa shape index (κ3) is 1.87. The second-order valence-electron chi connectivity index (χ2n) is 4.00. The smallest absolute Gasteiger partial charge is 0.123 e. The van der Waals surface area contributed by atoms with Crippen molar-refractivity contribution in [1.29, 1.82) is 0 Å². The van der Waals surface area contributed by atoms with Gasteiger partial charge in [0.05, 0.1) is 18.5 Å². The summed E-state index contributed by atoms with van der Waals surface area (Å²) < 4.78 is 5.43. The summed E-state index contributed by atoms with van der Waals surface area (Å²) in [6, 6.07) is 5.74. The number of aliphatic hydroxyl groups excluding tert-OH is 1. The van der Waals surface area contributed by atoms with Crippen molar-refractivity contribution in [2.45, 2.75) is 12.5 Å². The van der Waals surface area contributed by atoms with Gasteiger partial charge in [-0.1, -0.05) is 6.07 Å². The van der Waals surface area contributed by atoms with Gasteiger partial charge in [-0.15, -0.1) is 0 Å². The largest absolute Gasteiger partial charge is 0.493 e. The molecule has 86 valence electrons. The van der Waals surface area contributed by atoms with Crippen LogP contribution in [-0.4, -0.2) is 21.7 Å². The molecule has 1 aliphatic rings. The summed E-state index contributed by atoms with van der Waals surface area (Å²) in [5.41, 5.74) is 2.53. The summed E-state index contributed by atoms with van der Waals surface area (Å²) in [5, 5.41) is 10.2. The van der Waals surface area contributed by atoms with Crippen molar-refractivity contribution in [2.75, 3.05) is 6.61 Å². The predicted molar refractivity (Wildman–Crippen MR) is 61.7 cm³/mol. The van der Waals surface area contributed by atoms with Crippen LogP contribution in [0.25, 0.3) is 0 Å². The highest BCUT2D eigenvalue weighted by molar-refractivity contribution is 5.41. The van der Waals surface area contributed by atoms with Crippen LogP contribution in [0.1, 0.15) is 22.9 Å². The van der Waals surface area contributed by atoms with E-state index < -0.39 is 6.10 Å². The van der Waals surface area contributed by atoms with Crippen LogP contribution in [0.4, 0.5) is 0 Å². The number of hydrogen-bond acceptors (Lipinski definition) is 4. The summed E-state index contributed by atoms with van der Waals surface area (Å²) in [5.74, 6) is 0.917. The zero-order valence-corrected chi connectivity index (χ0v) is 9.21. The topological polar surface area (TPSA) is 55.2 Å². The molecule has 0 aliphatic carbocycles. The van der Waals surface area contributed by atoms with Crippen LogP contribution >= 0.6 is 0 Å². The van der Waals surface area contributed by atoms with Crippen LogP contribution in [-0.2, 0) is 6.42 Å². The normalized spacial score (nSPS) is 15.1. The molecule has 2 heterocycles. The van der Waals surface area contributed by atoms with Gasteiger partial charge in [-0.05, 0) is 23.3 Å². The van der Waals surface area contributed by atoms with E-state index in [9.17, 15) is 5.11 Å². The van der Waals surface area contributed by atoms with E-state index in [1.165, 1.54) is 0 Å². The van der Waals surface area contributed by atoms with E-state index in [1.807, 2.05) is 18.2 Å². The maximum absolute atomic E-state index is 10.2.